The summed E-state index contributed by atoms with van der Waals surface area (Å²) in [6.07, 6.45) is -2.12. The van der Waals surface area contributed by atoms with Crippen LogP contribution in [0.5, 0.6) is 17.2 Å². The summed E-state index contributed by atoms with van der Waals surface area (Å²) in [6.45, 7) is 11.5. The van der Waals surface area contributed by atoms with E-state index in [-0.39, 0.29) is 116 Å². The molecule has 5 atom stereocenters. The lowest BCUT2D eigenvalue weighted by Gasteiger charge is -2.38. The molecular weight excluding hydrogens is 1430 g/mol. The van der Waals surface area contributed by atoms with Crippen LogP contribution in [0.1, 0.15) is 147 Å². The number of likely N-dealkylation sites (tertiary alicyclic amines) is 1. The number of hydrogen-bond acceptors (Lipinski definition) is 25. The molecule has 0 spiro atoms. The largest absolute Gasteiger partial charge is 0.494 e. The van der Waals surface area contributed by atoms with Crippen LogP contribution in [0.4, 0.5) is 16.7 Å². The summed E-state index contributed by atoms with van der Waals surface area (Å²) >= 11 is 0. The molecule has 0 aliphatic carbocycles. The van der Waals surface area contributed by atoms with Crippen molar-refractivity contribution >= 4 is 81.5 Å². The summed E-state index contributed by atoms with van der Waals surface area (Å²) in [7, 11) is 1.44. The fraction of sp³-hybridized carbons (Fsp3) is 0.472. The number of nitrogens with one attached hydrogen (secondary N) is 4. The Balaban J connectivity index is 0.721. The Bertz CT molecular complexity index is 4730. The third kappa shape index (κ3) is 18.8. The number of amides is 7. The fourth-order valence-electron chi connectivity index (χ4n) is 13.5. The molecule has 38 nitrogen and oxygen atoms in total. The Kier molecular flexibility index (Phi) is 26.2. The second kappa shape index (κ2) is 36.2. The molecule has 0 unspecified atom stereocenters. The number of fused-ring (bicyclic) bond motifs is 3. The van der Waals surface area contributed by atoms with Gasteiger partial charge >= 0.3 is 12.1 Å². The highest BCUT2D eigenvalue weighted by Crippen LogP contribution is 2.36. The number of aromatic nitrogens is 11. The van der Waals surface area contributed by atoms with E-state index in [4.69, 9.17) is 51.0 Å². The Labute approximate surface area is 630 Å². The second-order valence-electron chi connectivity index (χ2n) is 26.8. The van der Waals surface area contributed by atoms with E-state index in [1.807, 2.05) is 30.6 Å². The first-order chi connectivity index (χ1) is 52.9. The zero-order valence-corrected chi connectivity index (χ0v) is 61.6. The van der Waals surface area contributed by atoms with Crippen molar-refractivity contribution in [2.75, 3.05) is 63.7 Å². The van der Waals surface area contributed by atoms with Gasteiger partial charge in [0.2, 0.25) is 41.8 Å². The number of aliphatic carboxylic acids is 1. The van der Waals surface area contributed by atoms with Gasteiger partial charge in [-0.2, -0.15) is 10.2 Å². The number of ether oxygens (including phenoxy) is 5. The van der Waals surface area contributed by atoms with Crippen molar-refractivity contribution in [3.05, 3.63) is 123 Å². The molecule has 5 aromatic heterocycles. The van der Waals surface area contributed by atoms with Crippen molar-refractivity contribution in [2.24, 2.45) is 17.4 Å². The SMILES string of the molecule is CCn1nc(C)cc1C(=O)Nc1nc2cc(C(N)=O)cc(OC)c2n1C/C=C/Cn1c(NC(=O)c2cc(C)nn2CC)nc2cc(C(N)=O)cc(OCCCN3CCC(c4nnc5n4CCN(C(=O)OCc4ccc(O[C@@H]6O[C@H](C(=O)O)[C@@H](O)[C@H](O)[C@H]6O)c(CNC(=O)CCNC(=O)CCCCCON)c4)C5)CC3)c21. The predicted molar refractivity (Wildman–Crippen MR) is 392 cm³/mol. The zero-order chi connectivity index (χ0) is 78.4. The van der Waals surface area contributed by atoms with Crippen molar-refractivity contribution in [1.82, 2.24) is 73.9 Å². The number of aliphatic hydroxyl groups excluding tert-OH is 3. The minimum atomic E-state index is -1.96. The molecule has 7 amide bonds. The van der Waals surface area contributed by atoms with Crippen LogP contribution in [-0.2, 0) is 81.1 Å². The van der Waals surface area contributed by atoms with Gasteiger partial charge in [-0.3, -0.25) is 53.7 Å². The normalized spacial score (nSPS) is 17.5. The molecule has 3 aromatic carbocycles. The molecule has 8 aromatic rings. The summed E-state index contributed by atoms with van der Waals surface area (Å²) < 4.78 is 38.0. The van der Waals surface area contributed by atoms with Gasteiger partial charge in [0.1, 0.15) is 70.4 Å². The van der Waals surface area contributed by atoms with Gasteiger partial charge < -0.3 is 89.7 Å². The van der Waals surface area contributed by atoms with Crippen molar-refractivity contribution < 1.29 is 87.3 Å². The number of unbranched alkanes of at least 4 members (excludes halogenated alkanes) is 2. The summed E-state index contributed by atoms with van der Waals surface area (Å²) in [6, 6.07) is 14.0. The molecule has 0 saturated carbocycles. The van der Waals surface area contributed by atoms with Crippen molar-refractivity contribution in [1.29, 1.82) is 0 Å². The number of methoxy groups -OCH3 is 1. The number of anilines is 2. The van der Waals surface area contributed by atoms with Gasteiger partial charge in [-0.05, 0) is 127 Å². The number of imidazole rings is 2. The second-order valence-corrected chi connectivity index (χ2v) is 26.8. The number of nitrogens with two attached hydrogens (primary N) is 3. The number of carboxylic acids is 1. The molecular formula is C72H92N20O18. The Morgan fingerprint density at radius 1 is 0.682 bits per heavy atom. The first kappa shape index (κ1) is 79.6. The van der Waals surface area contributed by atoms with Crippen LogP contribution in [-0.4, -0.2) is 215 Å². The Morgan fingerprint density at radius 3 is 1.90 bits per heavy atom. The third-order valence-corrected chi connectivity index (χ3v) is 19.2. The molecule has 0 bridgehead atoms. The van der Waals surface area contributed by atoms with Crippen LogP contribution >= 0.6 is 0 Å². The zero-order valence-electron chi connectivity index (χ0n) is 61.6. The van der Waals surface area contributed by atoms with Crippen LogP contribution < -0.4 is 52.8 Å². The Hall–Kier alpha value is -11.4. The lowest BCUT2D eigenvalue weighted by atomic mass is 9.95. The molecule has 0 radical (unpaired) electrons. The number of nitrogens with zero attached hydrogens (tertiary/aromatic N) is 13. The molecule has 3 aliphatic heterocycles. The number of aliphatic hydroxyl groups is 3. The fourth-order valence-corrected chi connectivity index (χ4v) is 13.5. The van der Waals surface area contributed by atoms with E-state index in [0.29, 0.717) is 115 Å². The molecule has 110 heavy (non-hydrogen) atoms. The number of carbonyl (C=O) groups excluding carboxylic acids is 7. The number of piperidine rings is 1. The molecule has 11 rings (SSSR count). The number of carboxylic acid groups (broad SMARTS) is 1. The van der Waals surface area contributed by atoms with Gasteiger partial charge in [-0.1, -0.05) is 24.6 Å². The quantitative estimate of drug-likeness (QED) is 0.0154. The molecule has 2 saturated heterocycles. The van der Waals surface area contributed by atoms with Gasteiger partial charge in [0.15, 0.2) is 11.9 Å². The van der Waals surface area contributed by atoms with E-state index in [0.717, 1.165) is 38.2 Å². The number of aryl methyl sites for hydroxylation is 4. The van der Waals surface area contributed by atoms with E-state index in [9.17, 15) is 58.8 Å². The molecule has 2 fully saturated rings. The van der Waals surface area contributed by atoms with Gasteiger partial charge in [0.05, 0.1) is 49.3 Å². The molecule has 3 aliphatic rings. The molecule has 8 heterocycles. The monoisotopic (exact) mass is 1520 g/mol. The molecule has 588 valence electrons. The van der Waals surface area contributed by atoms with Gasteiger partial charge in [-0.25, -0.2) is 25.5 Å². The summed E-state index contributed by atoms with van der Waals surface area (Å²) in [5.74, 6) is 2.70. The molecule has 14 N–H and O–H groups in total. The highest BCUT2D eigenvalue weighted by Gasteiger charge is 2.48. The smallest absolute Gasteiger partial charge is 0.410 e. The van der Waals surface area contributed by atoms with Crippen LogP contribution in [0.25, 0.3) is 22.1 Å². The van der Waals surface area contributed by atoms with E-state index in [1.54, 1.807) is 62.7 Å². The standard InChI is InChI=1S/C72H92N20O18/c1-6-91-49(30-40(3)84-91)66(100)80-70-78-47-33-44(63(73)98)35-52(105-5)57(47)89(70)22-10-11-23-90-58-48(79-71(90)81-67(101)50-31-41(4)85-92(50)7-2)34-45(64(74)99)36-53(58)106-28-13-21-86-24-18-43(19-25-86)65-83-82-54-38-87(26-27-88(54)65)72(104)107-39-42-15-16-51(109-69-61(97)59(95)60(96)62(110-69)68(102)103)46(32-42)37-77-56(94)17-20-76-55(93)14-9-8-12-29-108-75/h10-11,15-16,30-36,43,59-62,69,95-97H,6-9,12-14,17-29,37-39,75H2,1-5H3,(H2,73,98)(H2,74,99)(H,76,93)(H,77,94)(H,102,103)(H,78,80,100)(H,79,81,101)/b11-10+/t59-,60-,61+,62-,69+/m0/s1. The van der Waals surface area contributed by atoms with E-state index in [2.05, 4.69) is 51.4 Å². The molecule has 38 heteroatoms. The van der Waals surface area contributed by atoms with Crippen LogP contribution in [0.15, 0.2) is 66.7 Å². The van der Waals surface area contributed by atoms with Crippen LogP contribution in [0, 0.1) is 13.8 Å². The first-order valence-corrected chi connectivity index (χ1v) is 36.3. The first-order valence-electron chi connectivity index (χ1n) is 36.3. The maximum absolute atomic E-state index is 14.2. The minimum Gasteiger partial charge on any atom is -0.494 e. The number of carbonyl (C=O) groups is 8. The maximum atomic E-state index is 14.2. The van der Waals surface area contributed by atoms with E-state index >= 15 is 0 Å². The predicted octanol–water partition coefficient (Wildman–Crippen LogP) is 2.64. The third-order valence-electron chi connectivity index (χ3n) is 19.2. The van der Waals surface area contributed by atoms with Gasteiger partial charge in [-0.15, -0.1) is 10.2 Å². The average Bonchev–Trinajstić information content (AvgIpc) is 1.62. The van der Waals surface area contributed by atoms with Gasteiger partial charge in [0, 0.05) is 94.4 Å². The highest BCUT2D eigenvalue weighted by atomic mass is 16.7. The maximum Gasteiger partial charge on any atom is 0.410 e. The minimum absolute atomic E-state index is 0.00185. The topological polar surface area (TPSA) is 508 Å². The van der Waals surface area contributed by atoms with E-state index in [1.165, 1.54) is 36.3 Å². The average molecular weight is 1530 g/mol. The van der Waals surface area contributed by atoms with E-state index < -0.39 is 72.3 Å². The summed E-state index contributed by atoms with van der Waals surface area (Å²) in [4.78, 5) is 122. The number of benzene rings is 3. The summed E-state index contributed by atoms with van der Waals surface area (Å²) in [5, 5.41) is 70.5. The Morgan fingerprint density at radius 2 is 1.30 bits per heavy atom. The van der Waals surface area contributed by atoms with Crippen molar-refractivity contribution in [2.45, 2.75) is 168 Å². The van der Waals surface area contributed by atoms with Crippen LogP contribution in [0.3, 0.4) is 0 Å². The van der Waals surface area contributed by atoms with Crippen molar-refractivity contribution in [3.63, 3.8) is 0 Å². The van der Waals surface area contributed by atoms with Gasteiger partial charge in [0.25, 0.3) is 11.8 Å². The lowest BCUT2D eigenvalue weighted by Crippen LogP contribution is -2.61. The number of rotatable bonds is 35. The number of hydrogen-bond donors (Lipinski definition) is 11. The summed E-state index contributed by atoms with van der Waals surface area (Å²) in [5.41, 5.74) is 16.1. The number of allylic oxidation sites excluding steroid dienone is 2. The highest BCUT2D eigenvalue weighted by molar-refractivity contribution is 6.05. The number of primary amides is 2. The lowest BCUT2D eigenvalue weighted by molar-refractivity contribution is -0.271. The van der Waals surface area contributed by atoms with Crippen molar-refractivity contribution in [3.8, 4) is 17.2 Å². The van der Waals surface area contributed by atoms with Crippen LogP contribution in [0.2, 0.25) is 0 Å².